The van der Waals surface area contributed by atoms with Gasteiger partial charge in [0.25, 0.3) is 5.91 Å². The highest BCUT2D eigenvalue weighted by Crippen LogP contribution is 2.38. The van der Waals surface area contributed by atoms with Gasteiger partial charge in [-0.3, -0.25) is 9.63 Å². The predicted octanol–water partition coefficient (Wildman–Crippen LogP) is 3.47. The van der Waals surface area contributed by atoms with Gasteiger partial charge in [0.1, 0.15) is 5.82 Å². The van der Waals surface area contributed by atoms with Crippen LogP contribution in [0.4, 0.5) is 15.8 Å². The van der Waals surface area contributed by atoms with Crippen molar-refractivity contribution < 1.29 is 18.8 Å². The Bertz CT molecular complexity index is 1060. The van der Waals surface area contributed by atoms with Crippen molar-refractivity contribution in [3.63, 3.8) is 0 Å². The van der Waals surface area contributed by atoms with Gasteiger partial charge in [-0.05, 0) is 25.5 Å². The molecule has 0 aliphatic heterocycles. The van der Waals surface area contributed by atoms with Crippen LogP contribution in [0.3, 0.4) is 0 Å². The second-order valence-electron chi connectivity index (χ2n) is 6.04. The molecule has 2 N–H and O–H groups in total. The molecule has 0 atom stereocenters. The number of hydrogen-bond acceptors (Lipinski definition) is 8. The normalized spacial score (nSPS) is 10.6. The second-order valence-corrected chi connectivity index (χ2v) is 6.42. The van der Waals surface area contributed by atoms with Gasteiger partial charge >= 0.3 is 0 Å². The lowest BCUT2D eigenvalue weighted by Gasteiger charge is -2.16. The smallest absolute Gasteiger partial charge is 0.297 e. The highest BCUT2D eigenvalue weighted by Gasteiger charge is 2.20. The summed E-state index contributed by atoms with van der Waals surface area (Å²) < 4.78 is 19.9. The third-order valence-electron chi connectivity index (χ3n) is 3.84. The molecule has 0 saturated carbocycles. The molecule has 0 fully saturated rings. The number of benzene rings is 1. The Balaban J connectivity index is 2.06. The van der Waals surface area contributed by atoms with E-state index in [0.29, 0.717) is 5.56 Å². The molecule has 1 aromatic carbocycles. The van der Waals surface area contributed by atoms with Crippen LogP contribution in [-0.4, -0.2) is 39.8 Å². The van der Waals surface area contributed by atoms with E-state index in [2.05, 4.69) is 31.0 Å². The molecule has 0 radical (unpaired) electrons. The number of hydrogen-bond donors (Lipinski definition) is 2. The van der Waals surface area contributed by atoms with Gasteiger partial charge < -0.3 is 10.1 Å². The van der Waals surface area contributed by atoms with Crippen LogP contribution in [0.1, 0.15) is 23.0 Å². The minimum atomic E-state index is -0.652. The summed E-state index contributed by atoms with van der Waals surface area (Å²) >= 11 is 5.94. The van der Waals surface area contributed by atoms with Crippen molar-refractivity contribution in [2.75, 3.05) is 19.0 Å². The molecule has 3 aromatic rings. The number of carbonyl (C=O) groups is 1. The van der Waals surface area contributed by atoms with E-state index in [-0.39, 0.29) is 40.4 Å². The van der Waals surface area contributed by atoms with Gasteiger partial charge in [0, 0.05) is 24.5 Å². The highest BCUT2D eigenvalue weighted by atomic mass is 35.5. The van der Waals surface area contributed by atoms with Crippen LogP contribution < -0.4 is 15.5 Å². The zero-order valence-electron chi connectivity index (χ0n) is 16.4. The molecule has 1 amide bonds. The van der Waals surface area contributed by atoms with Crippen molar-refractivity contribution in [1.29, 1.82) is 0 Å². The van der Waals surface area contributed by atoms with E-state index in [1.165, 1.54) is 25.3 Å². The first-order valence-electron chi connectivity index (χ1n) is 8.81. The Kier molecular flexibility index (Phi) is 6.70. The largest absolute Gasteiger partial charge is 0.494 e. The molecule has 0 saturated heterocycles. The van der Waals surface area contributed by atoms with Crippen LogP contribution in [-0.2, 0) is 4.84 Å². The van der Waals surface area contributed by atoms with E-state index in [1.807, 2.05) is 6.92 Å². The standard InChI is InChI=1S/C19H18ClFN6O3/c1-4-30-27-19(28)16-13(7-15(20)25-26-16)24-14-6-11(21)5-12(17(14)29-3)18-22-8-10(2)9-23-18/h5-9H,4H2,1-3H3,(H,24,25)(H,27,28). The summed E-state index contributed by atoms with van der Waals surface area (Å²) in [6, 6.07) is 3.84. The summed E-state index contributed by atoms with van der Waals surface area (Å²) in [6.45, 7) is 3.81. The van der Waals surface area contributed by atoms with Crippen molar-refractivity contribution >= 4 is 28.9 Å². The number of methoxy groups -OCH3 is 1. The number of ether oxygens (including phenoxy) is 1. The number of anilines is 2. The van der Waals surface area contributed by atoms with Gasteiger partial charge in [-0.2, -0.15) is 0 Å². The average Bonchev–Trinajstić information content (AvgIpc) is 2.72. The molecular weight excluding hydrogens is 415 g/mol. The zero-order valence-corrected chi connectivity index (χ0v) is 17.1. The Morgan fingerprint density at radius 1 is 1.17 bits per heavy atom. The fraction of sp³-hybridized carbons (Fsp3) is 0.211. The Morgan fingerprint density at radius 2 is 1.90 bits per heavy atom. The van der Waals surface area contributed by atoms with Gasteiger partial charge in [-0.15, -0.1) is 10.2 Å². The minimum absolute atomic E-state index is 0.0305. The number of nitrogens with zero attached hydrogens (tertiary/aromatic N) is 4. The molecule has 0 spiro atoms. The maximum absolute atomic E-state index is 14.4. The first kappa shape index (κ1) is 21.3. The van der Waals surface area contributed by atoms with Crippen molar-refractivity contribution in [3.8, 4) is 17.1 Å². The number of halogens is 2. The molecule has 2 heterocycles. The third-order valence-corrected chi connectivity index (χ3v) is 4.02. The fourth-order valence-electron chi connectivity index (χ4n) is 2.57. The Labute approximate surface area is 176 Å². The number of hydroxylamine groups is 1. The summed E-state index contributed by atoms with van der Waals surface area (Å²) in [7, 11) is 1.43. The SMILES string of the molecule is CCONC(=O)c1nnc(Cl)cc1Nc1cc(F)cc(-c2ncc(C)cn2)c1OC. The number of nitrogens with one attached hydrogen (secondary N) is 2. The van der Waals surface area contributed by atoms with E-state index >= 15 is 0 Å². The van der Waals surface area contributed by atoms with E-state index < -0.39 is 11.7 Å². The third kappa shape index (κ3) is 4.78. The molecule has 156 valence electrons. The first-order valence-corrected chi connectivity index (χ1v) is 9.19. The maximum Gasteiger partial charge on any atom is 0.297 e. The zero-order chi connectivity index (χ0) is 21.7. The van der Waals surface area contributed by atoms with Crippen LogP contribution in [0.15, 0.2) is 30.6 Å². The number of carbonyl (C=O) groups excluding carboxylic acids is 1. The highest BCUT2D eigenvalue weighted by molar-refractivity contribution is 6.29. The van der Waals surface area contributed by atoms with Crippen LogP contribution in [0.5, 0.6) is 5.75 Å². The molecular formula is C19H18ClFN6O3. The molecule has 9 nitrogen and oxygen atoms in total. The lowest BCUT2D eigenvalue weighted by atomic mass is 10.1. The number of amides is 1. The molecule has 11 heteroatoms. The van der Waals surface area contributed by atoms with E-state index in [1.54, 1.807) is 19.3 Å². The molecule has 0 unspecified atom stereocenters. The Hall–Kier alpha value is -3.37. The van der Waals surface area contributed by atoms with Crippen LogP contribution in [0, 0.1) is 12.7 Å². The molecule has 0 aliphatic rings. The average molecular weight is 433 g/mol. The first-order chi connectivity index (χ1) is 14.4. The minimum Gasteiger partial charge on any atom is -0.494 e. The quantitative estimate of drug-likeness (QED) is 0.546. The van der Waals surface area contributed by atoms with Gasteiger partial charge in [-0.25, -0.2) is 19.8 Å². The Morgan fingerprint density at radius 3 is 2.57 bits per heavy atom. The monoisotopic (exact) mass is 432 g/mol. The lowest BCUT2D eigenvalue weighted by molar-refractivity contribution is 0.0360. The number of aromatic nitrogens is 4. The summed E-state index contributed by atoms with van der Waals surface area (Å²) in [5, 5.41) is 10.4. The fourth-order valence-corrected chi connectivity index (χ4v) is 2.71. The van der Waals surface area contributed by atoms with Gasteiger partial charge in [-0.1, -0.05) is 11.6 Å². The van der Waals surface area contributed by atoms with Crippen molar-refractivity contribution in [3.05, 3.63) is 52.8 Å². The van der Waals surface area contributed by atoms with Crippen molar-refractivity contribution in [1.82, 2.24) is 25.6 Å². The van der Waals surface area contributed by atoms with Crippen LogP contribution >= 0.6 is 11.6 Å². The summed E-state index contributed by atoms with van der Waals surface area (Å²) in [6.07, 6.45) is 3.23. The van der Waals surface area contributed by atoms with Gasteiger partial charge in [0.15, 0.2) is 22.4 Å². The lowest BCUT2D eigenvalue weighted by Crippen LogP contribution is -2.26. The van der Waals surface area contributed by atoms with Crippen LogP contribution in [0.2, 0.25) is 5.15 Å². The molecule has 30 heavy (non-hydrogen) atoms. The van der Waals surface area contributed by atoms with E-state index in [9.17, 15) is 9.18 Å². The number of aryl methyl sites for hydroxylation is 1. The summed E-state index contributed by atoms with van der Waals surface area (Å²) in [5.41, 5.74) is 3.69. The van der Waals surface area contributed by atoms with Gasteiger partial charge in [0.05, 0.1) is 30.7 Å². The summed E-state index contributed by atoms with van der Waals surface area (Å²) in [4.78, 5) is 25.7. The summed E-state index contributed by atoms with van der Waals surface area (Å²) in [5.74, 6) is -0.670. The molecule has 0 bridgehead atoms. The predicted molar refractivity (Wildman–Crippen MR) is 108 cm³/mol. The molecule has 3 rings (SSSR count). The second kappa shape index (κ2) is 9.42. The van der Waals surface area contributed by atoms with Crippen molar-refractivity contribution in [2.45, 2.75) is 13.8 Å². The van der Waals surface area contributed by atoms with Gasteiger partial charge in [0.2, 0.25) is 0 Å². The topological polar surface area (TPSA) is 111 Å². The number of rotatable bonds is 7. The molecule has 2 aromatic heterocycles. The molecule has 0 aliphatic carbocycles. The van der Waals surface area contributed by atoms with Crippen LogP contribution in [0.25, 0.3) is 11.4 Å². The van der Waals surface area contributed by atoms with Crippen molar-refractivity contribution in [2.24, 2.45) is 0 Å². The van der Waals surface area contributed by atoms with E-state index in [0.717, 1.165) is 5.56 Å². The maximum atomic E-state index is 14.4. The van der Waals surface area contributed by atoms with E-state index in [4.69, 9.17) is 21.2 Å².